The van der Waals surface area contributed by atoms with Gasteiger partial charge in [0, 0.05) is 19.9 Å². The molecule has 2 amide bonds. The molecule has 0 atom stereocenters. The molecule has 24 heavy (non-hydrogen) atoms. The molecule has 0 aliphatic heterocycles. The fraction of sp³-hybridized carbons (Fsp3) is 0.176. The number of benzene rings is 2. The van der Waals surface area contributed by atoms with Crippen LogP contribution in [0.2, 0.25) is 0 Å². The summed E-state index contributed by atoms with van der Waals surface area (Å²) in [6.45, 7) is 0.897. The zero-order valence-electron chi connectivity index (χ0n) is 12.9. The van der Waals surface area contributed by atoms with Crippen molar-refractivity contribution in [1.82, 2.24) is 0 Å². The molecule has 0 radical (unpaired) electrons. The van der Waals surface area contributed by atoms with Gasteiger partial charge < -0.3 is 10.2 Å². The predicted molar refractivity (Wildman–Crippen MR) is 84.0 cm³/mol. The Morgan fingerprint density at radius 3 is 2.12 bits per heavy atom. The number of anilines is 2. The van der Waals surface area contributed by atoms with Crippen LogP contribution in [-0.2, 0) is 9.59 Å². The number of para-hydroxylation sites is 2. The number of carbonyl (C=O) groups excluding carboxylic acids is 2. The van der Waals surface area contributed by atoms with E-state index in [9.17, 15) is 22.8 Å². The van der Waals surface area contributed by atoms with Crippen LogP contribution in [0.25, 0.3) is 0 Å². The molecule has 0 bridgehead atoms. The average molecular weight is 336 g/mol. The van der Waals surface area contributed by atoms with E-state index in [4.69, 9.17) is 0 Å². The minimum Gasteiger partial charge on any atom is -0.324 e. The molecule has 0 heterocycles. The second-order valence-electron chi connectivity index (χ2n) is 5.02. The summed E-state index contributed by atoms with van der Waals surface area (Å²) in [6.07, 6.45) is -0.248. The first-order chi connectivity index (χ1) is 11.4. The molecule has 2 aromatic carbocycles. The zero-order valence-corrected chi connectivity index (χ0v) is 12.9. The van der Waals surface area contributed by atoms with Gasteiger partial charge >= 0.3 is 0 Å². The number of amides is 2. The van der Waals surface area contributed by atoms with Crippen molar-refractivity contribution in [2.75, 3.05) is 16.8 Å². The number of rotatable bonds is 5. The van der Waals surface area contributed by atoms with Crippen LogP contribution in [0.4, 0.5) is 24.5 Å². The minimum atomic E-state index is -0.903. The van der Waals surface area contributed by atoms with E-state index in [0.717, 1.165) is 24.0 Å². The minimum absolute atomic E-state index is 0.00560. The molecule has 126 valence electrons. The lowest BCUT2D eigenvalue weighted by Crippen LogP contribution is -2.33. The van der Waals surface area contributed by atoms with Crippen LogP contribution >= 0.6 is 0 Å². The normalized spacial score (nSPS) is 10.3. The van der Waals surface area contributed by atoms with Crippen LogP contribution in [0.1, 0.15) is 13.3 Å². The molecular weight excluding hydrogens is 321 g/mol. The number of hydrogen-bond donors (Lipinski definition) is 1. The highest BCUT2D eigenvalue weighted by atomic mass is 19.1. The van der Waals surface area contributed by atoms with Gasteiger partial charge in [0.2, 0.25) is 11.8 Å². The summed E-state index contributed by atoms with van der Waals surface area (Å²) >= 11 is 0. The standard InChI is InChI=1S/C17H15F3N2O2/c1-11(23)22(17-13(19)6-4-7-14(17)20)10-9-16(24)21-15-8-3-2-5-12(15)18/h2-8H,9-10H2,1H3,(H,21,24). The Kier molecular flexibility index (Phi) is 5.57. The molecule has 2 rings (SSSR count). The molecule has 7 heteroatoms. The first-order valence-corrected chi connectivity index (χ1v) is 7.16. The smallest absolute Gasteiger partial charge is 0.226 e. The summed E-state index contributed by atoms with van der Waals surface area (Å²) in [6, 6.07) is 8.82. The Hall–Kier alpha value is -2.83. The molecule has 0 fully saturated rings. The Morgan fingerprint density at radius 2 is 1.54 bits per heavy atom. The van der Waals surface area contributed by atoms with Crippen molar-refractivity contribution in [3.05, 3.63) is 59.9 Å². The van der Waals surface area contributed by atoms with Gasteiger partial charge in [-0.2, -0.15) is 0 Å². The second-order valence-corrected chi connectivity index (χ2v) is 5.02. The molecule has 0 spiro atoms. The lowest BCUT2D eigenvalue weighted by Gasteiger charge is -2.22. The molecule has 0 saturated heterocycles. The van der Waals surface area contributed by atoms with Gasteiger partial charge in [-0.15, -0.1) is 0 Å². The van der Waals surface area contributed by atoms with Crippen LogP contribution in [0.5, 0.6) is 0 Å². The summed E-state index contributed by atoms with van der Waals surface area (Å²) in [7, 11) is 0. The third-order valence-corrected chi connectivity index (χ3v) is 3.30. The molecular formula is C17H15F3N2O2. The Bertz CT molecular complexity index is 745. The highest BCUT2D eigenvalue weighted by Crippen LogP contribution is 2.23. The van der Waals surface area contributed by atoms with Gasteiger partial charge in [0.1, 0.15) is 23.1 Å². The Labute approximate surface area is 136 Å². The number of nitrogens with zero attached hydrogens (tertiary/aromatic N) is 1. The van der Waals surface area contributed by atoms with Crippen LogP contribution in [-0.4, -0.2) is 18.4 Å². The molecule has 1 N–H and O–H groups in total. The van der Waals surface area contributed by atoms with E-state index in [2.05, 4.69) is 5.32 Å². The van der Waals surface area contributed by atoms with Crippen molar-refractivity contribution in [3.63, 3.8) is 0 Å². The fourth-order valence-electron chi connectivity index (χ4n) is 2.16. The second kappa shape index (κ2) is 7.63. The SMILES string of the molecule is CC(=O)N(CCC(=O)Nc1ccccc1F)c1c(F)cccc1F. The summed E-state index contributed by atoms with van der Waals surface area (Å²) < 4.78 is 41.1. The molecule has 4 nitrogen and oxygen atoms in total. The van der Waals surface area contributed by atoms with E-state index in [1.54, 1.807) is 6.07 Å². The topological polar surface area (TPSA) is 49.4 Å². The summed E-state index contributed by atoms with van der Waals surface area (Å²) in [4.78, 5) is 24.4. The Morgan fingerprint density at radius 1 is 0.958 bits per heavy atom. The molecule has 0 unspecified atom stereocenters. The summed E-state index contributed by atoms with van der Waals surface area (Å²) in [5.74, 6) is -3.60. The van der Waals surface area contributed by atoms with Gasteiger partial charge in [0.05, 0.1) is 5.69 Å². The van der Waals surface area contributed by atoms with Crippen LogP contribution < -0.4 is 10.2 Å². The molecule has 0 aliphatic carbocycles. The zero-order chi connectivity index (χ0) is 17.7. The molecule has 0 aromatic heterocycles. The van der Waals surface area contributed by atoms with Gasteiger partial charge in [0.15, 0.2) is 0 Å². The van der Waals surface area contributed by atoms with Gasteiger partial charge in [-0.3, -0.25) is 9.59 Å². The van der Waals surface area contributed by atoms with Crippen LogP contribution in [0.15, 0.2) is 42.5 Å². The van der Waals surface area contributed by atoms with Crippen molar-refractivity contribution >= 4 is 23.2 Å². The third-order valence-electron chi connectivity index (χ3n) is 3.30. The van der Waals surface area contributed by atoms with Crippen molar-refractivity contribution in [1.29, 1.82) is 0 Å². The largest absolute Gasteiger partial charge is 0.324 e. The third kappa shape index (κ3) is 4.13. The van der Waals surface area contributed by atoms with Gasteiger partial charge in [-0.1, -0.05) is 18.2 Å². The first kappa shape index (κ1) is 17.5. The maximum absolute atomic E-state index is 13.8. The van der Waals surface area contributed by atoms with Crippen molar-refractivity contribution in [3.8, 4) is 0 Å². The maximum atomic E-state index is 13.8. The molecule has 0 aliphatic rings. The van der Waals surface area contributed by atoms with Crippen molar-refractivity contribution in [2.45, 2.75) is 13.3 Å². The summed E-state index contributed by atoms with van der Waals surface area (Å²) in [5.41, 5.74) is -0.516. The van der Waals surface area contributed by atoms with E-state index < -0.39 is 35.0 Å². The summed E-state index contributed by atoms with van der Waals surface area (Å²) in [5, 5.41) is 2.35. The number of nitrogens with one attached hydrogen (secondary N) is 1. The van der Waals surface area contributed by atoms with E-state index in [1.807, 2.05) is 0 Å². The fourth-order valence-corrected chi connectivity index (χ4v) is 2.16. The van der Waals surface area contributed by atoms with Crippen molar-refractivity contribution < 1.29 is 22.8 Å². The molecule has 0 saturated carbocycles. The lowest BCUT2D eigenvalue weighted by molar-refractivity contribution is -0.117. The van der Waals surface area contributed by atoms with E-state index in [0.29, 0.717) is 0 Å². The van der Waals surface area contributed by atoms with Gasteiger partial charge in [0.25, 0.3) is 0 Å². The van der Waals surface area contributed by atoms with E-state index in [1.165, 1.54) is 24.3 Å². The average Bonchev–Trinajstić information content (AvgIpc) is 2.52. The van der Waals surface area contributed by atoms with Gasteiger partial charge in [-0.05, 0) is 24.3 Å². The van der Waals surface area contributed by atoms with E-state index >= 15 is 0 Å². The molecule has 2 aromatic rings. The van der Waals surface area contributed by atoms with Gasteiger partial charge in [-0.25, -0.2) is 13.2 Å². The lowest BCUT2D eigenvalue weighted by atomic mass is 10.2. The Balaban J connectivity index is 2.08. The predicted octanol–water partition coefficient (Wildman–Crippen LogP) is 3.49. The van der Waals surface area contributed by atoms with Crippen molar-refractivity contribution in [2.24, 2.45) is 0 Å². The highest BCUT2D eigenvalue weighted by molar-refractivity contribution is 5.95. The van der Waals surface area contributed by atoms with Crippen LogP contribution in [0.3, 0.4) is 0 Å². The monoisotopic (exact) mass is 336 g/mol. The first-order valence-electron chi connectivity index (χ1n) is 7.16. The number of hydrogen-bond acceptors (Lipinski definition) is 2. The highest BCUT2D eigenvalue weighted by Gasteiger charge is 2.21. The van der Waals surface area contributed by atoms with Crippen LogP contribution in [0, 0.1) is 17.5 Å². The maximum Gasteiger partial charge on any atom is 0.226 e. The quantitative estimate of drug-likeness (QED) is 0.909. The van der Waals surface area contributed by atoms with E-state index in [-0.39, 0.29) is 18.7 Å². The number of carbonyl (C=O) groups is 2. The number of halogens is 3.